The van der Waals surface area contributed by atoms with Gasteiger partial charge < -0.3 is 10.1 Å². The molecule has 0 bridgehead atoms. The molecule has 0 aliphatic carbocycles. The van der Waals surface area contributed by atoms with Crippen LogP contribution in [0.4, 0.5) is 5.69 Å². The van der Waals surface area contributed by atoms with Crippen LogP contribution in [0.1, 0.15) is 11.8 Å². The predicted molar refractivity (Wildman–Crippen MR) is 86.3 cm³/mol. The molecule has 2 N–H and O–H groups in total. The van der Waals surface area contributed by atoms with Crippen LogP contribution in [0.5, 0.6) is 5.75 Å². The highest BCUT2D eigenvalue weighted by Crippen LogP contribution is 2.15. The lowest BCUT2D eigenvalue weighted by Gasteiger charge is -2.06. The number of thiophene rings is 1. The number of ether oxygens (including phenoxy) is 1. The summed E-state index contributed by atoms with van der Waals surface area (Å²) >= 11 is 1.48. The third kappa shape index (κ3) is 4.71. The third-order valence-corrected chi connectivity index (χ3v) is 3.34. The van der Waals surface area contributed by atoms with Crippen LogP contribution in [-0.2, 0) is 9.59 Å². The fourth-order valence-electron chi connectivity index (χ4n) is 1.56. The van der Waals surface area contributed by atoms with Crippen molar-refractivity contribution >= 4 is 35.1 Å². The second-order valence-corrected chi connectivity index (χ2v) is 5.11. The Hall–Kier alpha value is -2.67. The zero-order valence-corrected chi connectivity index (χ0v) is 12.7. The van der Waals surface area contributed by atoms with Gasteiger partial charge in [-0.25, -0.2) is 5.43 Å². The molecule has 2 rings (SSSR count). The zero-order chi connectivity index (χ0) is 15.8. The van der Waals surface area contributed by atoms with Gasteiger partial charge in [-0.2, -0.15) is 5.10 Å². The molecule has 1 aromatic heterocycles. The van der Waals surface area contributed by atoms with Gasteiger partial charge in [0.15, 0.2) is 0 Å². The highest BCUT2D eigenvalue weighted by atomic mass is 32.1. The average molecular weight is 317 g/mol. The number of hydrogen-bond acceptors (Lipinski definition) is 5. The Morgan fingerprint density at radius 1 is 1.23 bits per heavy atom. The van der Waals surface area contributed by atoms with Gasteiger partial charge in [-0.3, -0.25) is 9.59 Å². The van der Waals surface area contributed by atoms with E-state index in [-0.39, 0.29) is 0 Å². The Bertz CT molecular complexity index is 651. The van der Waals surface area contributed by atoms with E-state index in [0.717, 1.165) is 4.88 Å². The number of nitrogens with one attached hydrogen (secondary N) is 2. The average Bonchev–Trinajstić information content (AvgIpc) is 3.02. The summed E-state index contributed by atoms with van der Waals surface area (Å²) in [5.41, 5.74) is 2.68. The molecule has 0 unspecified atom stereocenters. The molecule has 22 heavy (non-hydrogen) atoms. The third-order valence-electron chi connectivity index (χ3n) is 2.53. The summed E-state index contributed by atoms with van der Waals surface area (Å²) in [6.45, 7) is 2.45. The monoisotopic (exact) mass is 317 g/mol. The summed E-state index contributed by atoms with van der Waals surface area (Å²) in [5.74, 6) is -0.917. The molecule has 0 saturated heterocycles. The first-order valence-electron chi connectivity index (χ1n) is 6.60. The molecular weight excluding hydrogens is 302 g/mol. The van der Waals surface area contributed by atoms with E-state index < -0.39 is 11.8 Å². The minimum absolute atomic E-state index is 0.505. The fraction of sp³-hybridized carbons (Fsp3) is 0.133. The lowest BCUT2D eigenvalue weighted by atomic mass is 10.3. The van der Waals surface area contributed by atoms with E-state index in [9.17, 15) is 9.59 Å². The van der Waals surface area contributed by atoms with Crippen LogP contribution in [0, 0.1) is 0 Å². The minimum atomic E-state index is -0.832. The summed E-state index contributed by atoms with van der Waals surface area (Å²) in [6.07, 6.45) is 1.48. The number of amides is 2. The second kappa shape index (κ2) is 7.94. The molecular formula is C15H15N3O3S. The van der Waals surface area contributed by atoms with Crippen LogP contribution in [-0.4, -0.2) is 24.6 Å². The maximum Gasteiger partial charge on any atom is 0.329 e. The van der Waals surface area contributed by atoms with Crippen LogP contribution in [0.3, 0.4) is 0 Å². The van der Waals surface area contributed by atoms with Gasteiger partial charge in [0.05, 0.1) is 12.8 Å². The molecule has 0 radical (unpaired) electrons. The summed E-state index contributed by atoms with van der Waals surface area (Å²) in [7, 11) is 0. The number of nitrogens with zero attached hydrogens (tertiary/aromatic N) is 1. The summed E-state index contributed by atoms with van der Waals surface area (Å²) in [4.78, 5) is 24.2. The smallest absolute Gasteiger partial charge is 0.329 e. The van der Waals surface area contributed by atoms with Gasteiger partial charge in [-0.05, 0) is 42.6 Å². The van der Waals surface area contributed by atoms with Crippen LogP contribution in [0.15, 0.2) is 46.9 Å². The normalized spacial score (nSPS) is 10.4. The molecule has 7 heteroatoms. The number of carbonyl (C=O) groups excluding carboxylic acids is 2. The standard InChI is InChI=1S/C15H15N3O3S/c1-2-21-12-7-5-11(6-8-12)17-14(19)15(20)18-16-10-13-4-3-9-22-13/h3-10H,2H2,1H3,(H,17,19)(H,18,20)/b16-10-. The quantitative estimate of drug-likeness (QED) is 0.504. The molecule has 0 saturated carbocycles. The van der Waals surface area contributed by atoms with Gasteiger partial charge in [0, 0.05) is 10.6 Å². The van der Waals surface area contributed by atoms with Crippen LogP contribution in [0.2, 0.25) is 0 Å². The van der Waals surface area contributed by atoms with Gasteiger partial charge in [-0.1, -0.05) is 6.07 Å². The van der Waals surface area contributed by atoms with Crippen molar-refractivity contribution in [3.05, 3.63) is 46.7 Å². The van der Waals surface area contributed by atoms with Crippen molar-refractivity contribution < 1.29 is 14.3 Å². The molecule has 0 fully saturated rings. The Labute approximate surface area is 131 Å². The van der Waals surface area contributed by atoms with E-state index in [1.54, 1.807) is 24.3 Å². The van der Waals surface area contributed by atoms with Gasteiger partial charge in [0.1, 0.15) is 5.75 Å². The van der Waals surface area contributed by atoms with Crippen molar-refractivity contribution in [2.45, 2.75) is 6.92 Å². The first kappa shape index (κ1) is 15.7. The SMILES string of the molecule is CCOc1ccc(NC(=O)C(=O)N/N=C\c2cccs2)cc1. The van der Waals surface area contributed by atoms with Gasteiger partial charge in [-0.15, -0.1) is 11.3 Å². The fourth-order valence-corrected chi connectivity index (χ4v) is 2.14. The lowest BCUT2D eigenvalue weighted by Crippen LogP contribution is -2.32. The van der Waals surface area contributed by atoms with Gasteiger partial charge in [0.25, 0.3) is 0 Å². The number of benzene rings is 1. The van der Waals surface area contributed by atoms with E-state index in [1.807, 2.05) is 24.4 Å². The number of rotatable bonds is 5. The highest BCUT2D eigenvalue weighted by Gasteiger charge is 2.12. The number of anilines is 1. The van der Waals surface area contributed by atoms with E-state index in [1.165, 1.54) is 17.6 Å². The number of hydrazone groups is 1. The maximum absolute atomic E-state index is 11.7. The molecule has 0 spiro atoms. The van der Waals surface area contributed by atoms with E-state index >= 15 is 0 Å². The molecule has 2 aromatic rings. The maximum atomic E-state index is 11.7. The van der Waals surface area contributed by atoms with Crippen molar-refractivity contribution in [3.63, 3.8) is 0 Å². The molecule has 0 aliphatic heterocycles. The van der Waals surface area contributed by atoms with Crippen LogP contribution >= 0.6 is 11.3 Å². The van der Waals surface area contributed by atoms with Crippen molar-refractivity contribution in [1.29, 1.82) is 0 Å². The Morgan fingerprint density at radius 3 is 2.64 bits per heavy atom. The largest absolute Gasteiger partial charge is 0.494 e. The lowest BCUT2D eigenvalue weighted by molar-refractivity contribution is -0.136. The summed E-state index contributed by atoms with van der Waals surface area (Å²) in [6, 6.07) is 10.5. The van der Waals surface area contributed by atoms with Crippen molar-refractivity contribution in [2.75, 3.05) is 11.9 Å². The van der Waals surface area contributed by atoms with E-state index in [0.29, 0.717) is 18.0 Å². The topological polar surface area (TPSA) is 79.8 Å². The predicted octanol–water partition coefficient (Wildman–Crippen LogP) is 2.24. The van der Waals surface area contributed by atoms with Crippen molar-refractivity contribution in [1.82, 2.24) is 5.43 Å². The minimum Gasteiger partial charge on any atom is -0.494 e. The second-order valence-electron chi connectivity index (χ2n) is 4.13. The van der Waals surface area contributed by atoms with Crippen LogP contribution in [0.25, 0.3) is 0 Å². The van der Waals surface area contributed by atoms with Crippen LogP contribution < -0.4 is 15.5 Å². The zero-order valence-electron chi connectivity index (χ0n) is 11.9. The Balaban J connectivity index is 1.84. The van der Waals surface area contributed by atoms with Crippen molar-refractivity contribution in [3.8, 4) is 5.75 Å². The molecule has 114 valence electrons. The van der Waals surface area contributed by atoms with Gasteiger partial charge in [0.2, 0.25) is 0 Å². The van der Waals surface area contributed by atoms with E-state index in [4.69, 9.17) is 4.74 Å². The first-order chi connectivity index (χ1) is 10.7. The Kier molecular flexibility index (Phi) is 5.67. The van der Waals surface area contributed by atoms with Crippen molar-refractivity contribution in [2.24, 2.45) is 5.10 Å². The molecule has 0 aliphatic rings. The van der Waals surface area contributed by atoms with E-state index in [2.05, 4.69) is 15.8 Å². The molecule has 1 aromatic carbocycles. The molecule has 0 atom stereocenters. The first-order valence-corrected chi connectivity index (χ1v) is 7.47. The molecule has 1 heterocycles. The molecule has 6 nitrogen and oxygen atoms in total. The molecule has 2 amide bonds. The summed E-state index contributed by atoms with van der Waals surface area (Å²) < 4.78 is 5.29. The number of hydrogen-bond donors (Lipinski definition) is 2. The van der Waals surface area contributed by atoms with Gasteiger partial charge >= 0.3 is 11.8 Å². The summed E-state index contributed by atoms with van der Waals surface area (Å²) in [5, 5.41) is 8.09. The highest BCUT2D eigenvalue weighted by molar-refractivity contribution is 7.11. The Morgan fingerprint density at radius 2 is 2.00 bits per heavy atom. The number of carbonyl (C=O) groups is 2.